The van der Waals surface area contributed by atoms with E-state index in [2.05, 4.69) is 66.2 Å². The van der Waals surface area contributed by atoms with Crippen LogP contribution < -0.4 is 0 Å². The van der Waals surface area contributed by atoms with Crippen LogP contribution in [-0.2, 0) is 0 Å². The molecule has 0 fully saturated rings. The number of hydrogen-bond acceptors (Lipinski definition) is 0. The minimum atomic E-state index is 0.366. The van der Waals surface area contributed by atoms with Crippen LogP contribution in [0.15, 0.2) is 0 Å². The molecule has 0 aromatic rings. The molecule has 0 aromatic heterocycles. The third-order valence-corrected chi connectivity index (χ3v) is 5.98. The Labute approximate surface area is 80.1 Å². The predicted molar refractivity (Wildman–Crippen MR) is 55.7 cm³/mol. The summed E-state index contributed by atoms with van der Waals surface area (Å²) in [4.78, 5) is 0. The Hall–Kier alpha value is 1.21. The summed E-state index contributed by atoms with van der Waals surface area (Å²) in [5.74, 6) is 0. The largest absolute Gasteiger partial charge is 0.0914 e. The Morgan fingerprint density at radius 1 is 1.22 bits per heavy atom. The van der Waals surface area contributed by atoms with Crippen LogP contribution in [0.1, 0.15) is 27.7 Å². The summed E-state index contributed by atoms with van der Waals surface area (Å²) in [7, 11) is 0. The number of alkyl halides is 2. The molecule has 0 aliphatic heterocycles. The first kappa shape index (κ1) is 10.2. The Bertz CT molecular complexity index is 91.6. The highest BCUT2D eigenvalue weighted by molar-refractivity contribution is 14.1. The first-order valence-electron chi connectivity index (χ1n) is 3.06. The molecule has 56 valence electrons. The van der Waals surface area contributed by atoms with E-state index in [1.165, 1.54) is 0 Å². The number of halogens is 2. The van der Waals surface area contributed by atoms with Gasteiger partial charge in [-0.05, 0) is 12.3 Å². The lowest BCUT2D eigenvalue weighted by Crippen LogP contribution is -2.34. The average Bonchev–Trinajstić information content (AvgIpc) is 1.64. The van der Waals surface area contributed by atoms with Gasteiger partial charge in [0.1, 0.15) is 0 Å². The summed E-state index contributed by atoms with van der Waals surface area (Å²) in [5, 5.41) is 1.06. The van der Waals surface area contributed by atoms with Gasteiger partial charge in [0, 0.05) is 8.75 Å². The van der Waals surface area contributed by atoms with Crippen LogP contribution in [0.4, 0.5) is 0 Å². The zero-order valence-electron chi connectivity index (χ0n) is 6.46. The van der Waals surface area contributed by atoms with Gasteiger partial charge in [-0.3, -0.25) is 0 Å². The highest BCUT2D eigenvalue weighted by Gasteiger charge is 2.33. The molecule has 0 N–H and O–H groups in total. The van der Waals surface area contributed by atoms with Gasteiger partial charge in [0.05, 0.1) is 0 Å². The van der Waals surface area contributed by atoms with E-state index < -0.39 is 0 Å². The molecule has 1 unspecified atom stereocenters. The summed E-state index contributed by atoms with van der Waals surface area (Å²) in [5.41, 5.74) is 0.386. The molecule has 0 rings (SSSR count). The van der Waals surface area contributed by atoms with Crippen LogP contribution in [-0.4, -0.2) is 8.75 Å². The van der Waals surface area contributed by atoms with Crippen molar-refractivity contribution in [3.8, 4) is 0 Å². The van der Waals surface area contributed by atoms with Crippen LogP contribution in [0.2, 0.25) is 0 Å². The van der Waals surface area contributed by atoms with Gasteiger partial charge in [0.2, 0.25) is 0 Å². The zero-order chi connectivity index (χ0) is 7.71. The molecule has 0 saturated heterocycles. The Morgan fingerprint density at radius 2 is 1.56 bits per heavy atom. The zero-order valence-corrected chi connectivity index (χ0v) is 10.2. The second-order valence-corrected chi connectivity index (χ2v) is 6.52. The SMILES string of the molecule is CC(C)(C)C(C)(I)CBr. The van der Waals surface area contributed by atoms with Crippen molar-refractivity contribution in [1.82, 2.24) is 0 Å². The van der Waals surface area contributed by atoms with E-state index in [4.69, 9.17) is 0 Å². The monoisotopic (exact) mass is 304 g/mol. The van der Waals surface area contributed by atoms with E-state index in [0.29, 0.717) is 8.84 Å². The molecule has 0 bridgehead atoms. The Morgan fingerprint density at radius 3 is 1.56 bits per heavy atom. The van der Waals surface area contributed by atoms with E-state index in [1.54, 1.807) is 0 Å². The van der Waals surface area contributed by atoms with Crippen molar-refractivity contribution >= 4 is 38.5 Å². The maximum absolute atomic E-state index is 3.50. The normalized spacial score (nSPS) is 19.3. The lowest BCUT2D eigenvalue weighted by atomic mass is 9.83. The molecule has 0 aliphatic carbocycles. The molecule has 2 heteroatoms. The summed E-state index contributed by atoms with van der Waals surface area (Å²) < 4.78 is 0.366. The number of rotatable bonds is 1. The first-order valence-corrected chi connectivity index (χ1v) is 5.26. The molecular formula is C7H14BrI. The van der Waals surface area contributed by atoms with Crippen LogP contribution in [0.5, 0.6) is 0 Å². The van der Waals surface area contributed by atoms with Crippen molar-refractivity contribution < 1.29 is 0 Å². The van der Waals surface area contributed by atoms with Crippen molar-refractivity contribution in [3.63, 3.8) is 0 Å². The van der Waals surface area contributed by atoms with Crippen molar-refractivity contribution in [1.29, 1.82) is 0 Å². The average molecular weight is 305 g/mol. The lowest BCUT2D eigenvalue weighted by Gasteiger charge is -2.35. The fourth-order valence-corrected chi connectivity index (χ4v) is 1.04. The van der Waals surface area contributed by atoms with Gasteiger partial charge in [-0.15, -0.1) is 0 Å². The summed E-state index contributed by atoms with van der Waals surface area (Å²) in [6.45, 7) is 9.06. The van der Waals surface area contributed by atoms with E-state index in [1.807, 2.05) is 0 Å². The van der Waals surface area contributed by atoms with Crippen molar-refractivity contribution in [2.75, 3.05) is 5.33 Å². The van der Waals surface area contributed by atoms with Crippen LogP contribution in [0.3, 0.4) is 0 Å². The van der Waals surface area contributed by atoms with Crippen molar-refractivity contribution in [2.45, 2.75) is 31.1 Å². The van der Waals surface area contributed by atoms with Crippen LogP contribution in [0, 0.1) is 5.41 Å². The second kappa shape index (κ2) is 3.07. The van der Waals surface area contributed by atoms with Gasteiger partial charge in [-0.2, -0.15) is 0 Å². The van der Waals surface area contributed by atoms with Crippen molar-refractivity contribution in [3.05, 3.63) is 0 Å². The van der Waals surface area contributed by atoms with Gasteiger partial charge in [0.25, 0.3) is 0 Å². The maximum Gasteiger partial charge on any atom is 0.0339 e. The van der Waals surface area contributed by atoms with Gasteiger partial charge in [-0.25, -0.2) is 0 Å². The molecule has 1 atom stereocenters. The number of hydrogen-bond donors (Lipinski definition) is 0. The smallest absolute Gasteiger partial charge is 0.0339 e. The Kier molecular flexibility index (Phi) is 3.49. The Balaban J connectivity index is 4.14. The molecule has 0 spiro atoms. The minimum absolute atomic E-state index is 0.366. The van der Waals surface area contributed by atoms with Gasteiger partial charge < -0.3 is 0 Å². The molecule has 0 radical (unpaired) electrons. The quantitative estimate of drug-likeness (QED) is 0.513. The van der Waals surface area contributed by atoms with E-state index >= 15 is 0 Å². The molecule has 0 saturated carbocycles. The van der Waals surface area contributed by atoms with E-state index in [0.717, 1.165) is 5.33 Å². The second-order valence-electron chi connectivity index (χ2n) is 3.58. The van der Waals surface area contributed by atoms with Gasteiger partial charge in [0.15, 0.2) is 0 Å². The molecule has 0 aliphatic rings. The minimum Gasteiger partial charge on any atom is -0.0914 e. The summed E-state index contributed by atoms with van der Waals surface area (Å²) in [6, 6.07) is 0. The lowest BCUT2D eigenvalue weighted by molar-refractivity contribution is 0.342. The highest BCUT2D eigenvalue weighted by atomic mass is 127. The first-order chi connectivity index (χ1) is 3.81. The third kappa shape index (κ3) is 2.74. The molecule has 0 amide bonds. The molecule has 9 heavy (non-hydrogen) atoms. The molecular weight excluding hydrogens is 291 g/mol. The predicted octanol–water partition coefficient (Wildman–Crippen LogP) is 3.62. The molecule has 0 heterocycles. The van der Waals surface area contributed by atoms with E-state index in [9.17, 15) is 0 Å². The fourth-order valence-electron chi connectivity index (χ4n) is 0.200. The summed E-state index contributed by atoms with van der Waals surface area (Å²) >= 11 is 6.00. The van der Waals surface area contributed by atoms with Crippen LogP contribution in [0.25, 0.3) is 0 Å². The molecule has 0 nitrogen and oxygen atoms in total. The standard InChI is InChI=1S/C7H14BrI/c1-6(2,3)7(4,9)5-8/h5H2,1-4H3. The maximum atomic E-state index is 3.50. The topological polar surface area (TPSA) is 0 Å². The van der Waals surface area contributed by atoms with Gasteiger partial charge in [-0.1, -0.05) is 59.3 Å². The van der Waals surface area contributed by atoms with Crippen LogP contribution >= 0.6 is 38.5 Å². The third-order valence-electron chi connectivity index (χ3n) is 1.81. The van der Waals surface area contributed by atoms with Crippen molar-refractivity contribution in [2.24, 2.45) is 5.41 Å². The summed E-state index contributed by atoms with van der Waals surface area (Å²) in [6.07, 6.45) is 0. The van der Waals surface area contributed by atoms with Gasteiger partial charge >= 0.3 is 0 Å². The van der Waals surface area contributed by atoms with E-state index in [-0.39, 0.29) is 0 Å². The molecule has 0 aromatic carbocycles. The highest BCUT2D eigenvalue weighted by Crippen LogP contribution is 2.39. The fraction of sp³-hybridized carbons (Fsp3) is 1.00.